The zero-order valence-electron chi connectivity index (χ0n) is 22.5. The molecule has 2 aromatic heterocycles. The lowest BCUT2D eigenvalue weighted by molar-refractivity contribution is -0.137. The van der Waals surface area contributed by atoms with Crippen molar-refractivity contribution in [1.82, 2.24) is 9.97 Å². The molecule has 230 valence electrons. The zero-order chi connectivity index (χ0) is 32.1. The highest BCUT2D eigenvalue weighted by molar-refractivity contribution is 7.14. The van der Waals surface area contributed by atoms with Crippen molar-refractivity contribution < 1.29 is 27.1 Å². The van der Waals surface area contributed by atoms with Gasteiger partial charge in [-0.05, 0) is 54.6 Å². The number of halogens is 7. The van der Waals surface area contributed by atoms with Gasteiger partial charge in [0, 0.05) is 55.4 Å². The summed E-state index contributed by atoms with van der Waals surface area (Å²) in [6.45, 7) is 0. The van der Waals surface area contributed by atoms with E-state index in [0.29, 0.717) is 48.6 Å². The molecule has 6 aromatic rings. The average molecular weight is 694 g/mol. The van der Waals surface area contributed by atoms with Crippen LogP contribution in [0.1, 0.15) is 5.56 Å². The Labute approximate surface area is 271 Å². The number of thiazole rings is 2. The van der Waals surface area contributed by atoms with Crippen molar-refractivity contribution in [1.29, 1.82) is 0 Å². The topological polar surface area (TPSA) is 70.1 Å². The molecule has 45 heavy (non-hydrogen) atoms. The fraction of sp³-hybridized carbons (Fsp3) is 0.0323. The Bertz CT molecular complexity index is 1910. The van der Waals surface area contributed by atoms with Gasteiger partial charge in [0.25, 0.3) is 0 Å². The van der Waals surface area contributed by atoms with Crippen molar-refractivity contribution in [3.8, 4) is 28.3 Å². The fourth-order valence-corrected chi connectivity index (χ4v) is 5.90. The monoisotopic (exact) mass is 692 g/mol. The Morgan fingerprint density at radius 2 is 1.31 bits per heavy atom. The summed E-state index contributed by atoms with van der Waals surface area (Å²) in [5.74, 6) is -1.14. The molecule has 0 saturated heterocycles. The number of aromatic hydroxyl groups is 1. The van der Waals surface area contributed by atoms with Crippen LogP contribution in [0.2, 0.25) is 10.0 Å². The molecule has 0 unspecified atom stereocenters. The van der Waals surface area contributed by atoms with Crippen molar-refractivity contribution in [2.24, 2.45) is 0 Å². The summed E-state index contributed by atoms with van der Waals surface area (Å²) >= 11 is 14.5. The SMILES string of the molecule is Fc1ccc(-c2csc(Nc3cc(Cl)cc(Cl)c3)n2)c(F)c1.Oc1cccc(Nc2nc(-c3ccc(C(F)(F)F)cc3)cs2)c1. The number of phenolic OH excluding ortho intramolecular Hbond substituents is 1. The van der Waals surface area contributed by atoms with Gasteiger partial charge in [0.2, 0.25) is 0 Å². The van der Waals surface area contributed by atoms with Gasteiger partial charge >= 0.3 is 6.18 Å². The van der Waals surface area contributed by atoms with E-state index in [0.717, 1.165) is 18.2 Å². The molecule has 0 aliphatic rings. The minimum absolute atomic E-state index is 0.134. The van der Waals surface area contributed by atoms with Crippen molar-refractivity contribution in [2.45, 2.75) is 6.18 Å². The van der Waals surface area contributed by atoms with Crippen LogP contribution >= 0.6 is 45.9 Å². The molecular formula is C31H19Cl2F5N4OS2. The van der Waals surface area contributed by atoms with Crippen LogP contribution in [0.5, 0.6) is 5.75 Å². The number of nitrogens with one attached hydrogen (secondary N) is 2. The second-order valence-corrected chi connectivity index (χ2v) is 11.8. The van der Waals surface area contributed by atoms with Crippen molar-refractivity contribution in [2.75, 3.05) is 10.6 Å². The standard InChI is InChI=1S/C16H11F3N2OS.C15H8Cl2F2N2S/c17-16(18,19)11-6-4-10(5-7-11)14-9-23-15(21-14)20-12-2-1-3-13(22)8-12;16-8-3-9(17)5-11(4-8)20-15-21-14(7-22-15)12-2-1-10(18)6-13(12)19/h1-9,22H,(H,20,21);1-7H,(H,20,21). The number of benzene rings is 4. The highest BCUT2D eigenvalue weighted by Gasteiger charge is 2.30. The van der Waals surface area contributed by atoms with Gasteiger partial charge in [0.1, 0.15) is 17.4 Å². The molecule has 0 aliphatic heterocycles. The first-order valence-corrected chi connectivity index (χ1v) is 15.3. The first kappa shape index (κ1) is 32.2. The Morgan fingerprint density at radius 1 is 0.689 bits per heavy atom. The number of anilines is 4. The highest BCUT2D eigenvalue weighted by Crippen LogP contribution is 2.33. The number of rotatable bonds is 6. The summed E-state index contributed by atoms with van der Waals surface area (Å²) in [4.78, 5) is 8.63. The lowest BCUT2D eigenvalue weighted by atomic mass is 10.1. The molecule has 0 aliphatic carbocycles. The second kappa shape index (κ2) is 13.8. The maximum atomic E-state index is 13.7. The van der Waals surface area contributed by atoms with Crippen LogP contribution < -0.4 is 10.6 Å². The number of phenols is 1. The molecule has 0 fully saturated rings. The molecule has 0 atom stereocenters. The van der Waals surface area contributed by atoms with Crippen molar-refractivity contribution in [3.05, 3.63) is 123 Å². The van der Waals surface area contributed by atoms with E-state index in [9.17, 15) is 27.1 Å². The van der Waals surface area contributed by atoms with E-state index in [1.807, 2.05) is 0 Å². The summed E-state index contributed by atoms with van der Waals surface area (Å²) in [6, 6.07) is 19.9. The van der Waals surface area contributed by atoms with Gasteiger partial charge in [-0.15, -0.1) is 22.7 Å². The van der Waals surface area contributed by atoms with Crippen LogP contribution in [0.15, 0.2) is 95.7 Å². The molecule has 0 spiro atoms. The zero-order valence-corrected chi connectivity index (χ0v) is 25.7. The normalized spacial score (nSPS) is 11.1. The number of nitrogens with zero attached hydrogens (tertiary/aromatic N) is 2. The number of hydrogen-bond acceptors (Lipinski definition) is 7. The van der Waals surface area contributed by atoms with Crippen LogP contribution in [0.4, 0.5) is 43.6 Å². The van der Waals surface area contributed by atoms with Crippen molar-refractivity contribution >= 4 is 67.5 Å². The summed E-state index contributed by atoms with van der Waals surface area (Å²) in [7, 11) is 0. The van der Waals surface area contributed by atoms with Gasteiger partial charge in [-0.1, -0.05) is 41.4 Å². The molecule has 5 nitrogen and oxygen atoms in total. The molecule has 4 aromatic carbocycles. The fourth-order valence-electron chi connectivity index (χ4n) is 3.90. The average Bonchev–Trinajstić information content (AvgIpc) is 3.62. The highest BCUT2D eigenvalue weighted by atomic mass is 35.5. The minimum Gasteiger partial charge on any atom is -0.508 e. The van der Waals surface area contributed by atoms with Crippen LogP contribution in [0.25, 0.3) is 22.5 Å². The maximum Gasteiger partial charge on any atom is 0.416 e. The third kappa shape index (κ3) is 8.70. The number of alkyl halides is 3. The Hall–Kier alpha value is -4.23. The van der Waals surface area contributed by atoms with Gasteiger partial charge in [-0.25, -0.2) is 18.7 Å². The summed E-state index contributed by atoms with van der Waals surface area (Å²) in [5.41, 5.74) is 2.54. The van der Waals surface area contributed by atoms with E-state index in [-0.39, 0.29) is 11.3 Å². The van der Waals surface area contributed by atoms with Gasteiger partial charge < -0.3 is 15.7 Å². The van der Waals surface area contributed by atoms with Crippen LogP contribution in [-0.2, 0) is 6.18 Å². The number of aromatic nitrogens is 2. The largest absolute Gasteiger partial charge is 0.508 e. The van der Waals surface area contributed by atoms with E-state index in [4.69, 9.17) is 23.2 Å². The third-order valence-corrected chi connectivity index (χ3v) is 7.89. The van der Waals surface area contributed by atoms with E-state index < -0.39 is 23.4 Å². The quantitative estimate of drug-likeness (QED) is 0.152. The molecule has 14 heteroatoms. The van der Waals surface area contributed by atoms with Crippen molar-refractivity contribution in [3.63, 3.8) is 0 Å². The first-order chi connectivity index (χ1) is 21.4. The first-order valence-electron chi connectivity index (χ1n) is 12.8. The van der Waals surface area contributed by atoms with E-state index in [2.05, 4.69) is 20.6 Å². The second-order valence-electron chi connectivity index (χ2n) is 9.23. The van der Waals surface area contributed by atoms with Crippen LogP contribution in [0.3, 0.4) is 0 Å². The third-order valence-electron chi connectivity index (χ3n) is 5.93. The molecule has 2 heterocycles. The molecular weight excluding hydrogens is 674 g/mol. The minimum atomic E-state index is -4.34. The van der Waals surface area contributed by atoms with Crippen LogP contribution in [0, 0.1) is 11.6 Å². The van der Waals surface area contributed by atoms with E-state index >= 15 is 0 Å². The predicted octanol–water partition coefficient (Wildman–Crippen LogP) is 11.4. The van der Waals surface area contributed by atoms with E-state index in [1.165, 1.54) is 46.9 Å². The molecule has 0 bridgehead atoms. The smallest absolute Gasteiger partial charge is 0.416 e. The molecule has 6 rings (SSSR count). The van der Waals surface area contributed by atoms with Gasteiger partial charge in [0.15, 0.2) is 10.3 Å². The van der Waals surface area contributed by atoms with Gasteiger partial charge in [0.05, 0.1) is 17.0 Å². The Morgan fingerprint density at radius 3 is 1.93 bits per heavy atom. The Balaban J connectivity index is 0.000000178. The van der Waals surface area contributed by atoms with Gasteiger partial charge in [-0.2, -0.15) is 13.2 Å². The van der Waals surface area contributed by atoms with Crippen LogP contribution in [-0.4, -0.2) is 15.1 Å². The molecule has 3 N–H and O–H groups in total. The van der Waals surface area contributed by atoms with Gasteiger partial charge in [-0.3, -0.25) is 0 Å². The van der Waals surface area contributed by atoms with E-state index in [1.54, 1.807) is 53.2 Å². The molecule has 0 radical (unpaired) electrons. The maximum absolute atomic E-state index is 13.7. The number of hydrogen-bond donors (Lipinski definition) is 3. The lowest BCUT2D eigenvalue weighted by Gasteiger charge is -2.06. The predicted molar refractivity (Wildman–Crippen MR) is 171 cm³/mol. The molecule has 0 saturated carbocycles. The summed E-state index contributed by atoms with van der Waals surface area (Å²) in [5, 5.41) is 21.1. The summed E-state index contributed by atoms with van der Waals surface area (Å²) < 4.78 is 64.4. The summed E-state index contributed by atoms with van der Waals surface area (Å²) in [6.07, 6.45) is -4.34. The molecule has 0 amide bonds. The lowest BCUT2D eigenvalue weighted by Crippen LogP contribution is -2.03. The Kier molecular flexibility index (Phi) is 9.88.